The Morgan fingerprint density at radius 1 is 1.15 bits per heavy atom. The first-order chi connectivity index (χ1) is 16.6. The SMILES string of the molecule is CCCCOc1ccc(/C=C(\C#N)C(=O)Nc2ncc(Cc3ccc(OC)cc3)s2)cc1OC. The number of carbonyl (C=O) groups excluding carboxylic acids is 1. The van der Waals surface area contributed by atoms with Gasteiger partial charge in [0.2, 0.25) is 0 Å². The van der Waals surface area contributed by atoms with Crippen LogP contribution in [0.5, 0.6) is 17.2 Å². The van der Waals surface area contributed by atoms with E-state index in [4.69, 9.17) is 14.2 Å². The number of anilines is 1. The van der Waals surface area contributed by atoms with Gasteiger partial charge in [0, 0.05) is 17.5 Å². The third-order valence-electron chi connectivity index (χ3n) is 4.93. The highest BCUT2D eigenvalue weighted by Crippen LogP contribution is 2.29. The number of hydrogen-bond acceptors (Lipinski definition) is 7. The van der Waals surface area contributed by atoms with E-state index >= 15 is 0 Å². The van der Waals surface area contributed by atoms with Crippen molar-refractivity contribution in [1.82, 2.24) is 4.98 Å². The van der Waals surface area contributed by atoms with E-state index in [1.807, 2.05) is 30.3 Å². The van der Waals surface area contributed by atoms with E-state index in [1.165, 1.54) is 17.4 Å². The summed E-state index contributed by atoms with van der Waals surface area (Å²) in [5, 5.41) is 12.7. The summed E-state index contributed by atoms with van der Waals surface area (Å²) in [5.41, 5.74) is 1.73. The minimum absolute atomic E-state index is 0.0337. The number of unbranched alkanes of at least 4 members (excludes halogenated alkanes) is 1. The van der Waals surface area contributed by atoms with Gasteiger partial charge in [0.25, 0.3) is 5.91 Å². The van der Waals surface area contributed by atoms with Crippen LogP contribution in [0.4, 0.5) is 5.13 Å². The Hall–Kier alpha value is -3.83. The van der Waals surface area contributed by atoms with Crippen LogP contribution in [0.15, 0.2) is 54.2 Å². The van der Waals surface area contributed by atoms with Gasteiger partial charge in [0.15, 0.2) is 16.6 Å². The van der Waals surface area contributed by atoms with Crippen molar-refractivity contribution in [3.8, 4) is 23.3 Å². The van der Waals surface area contributed by atoms with Gasteiger partial charge in [-0.3, -0.25) is 10.1 Å². The lowest BCUT2D eigenvalue weighted by molar-refractivity contribution is -0.112. The summed E-state index contributed by atoms with van der Waals surface area (Å²) in [7, 11) is 3.19. The standard InChI is InChI=1S/C26H27N3O4S/c1-4-5-12-33-23-11-8-19(15-24(23)32-3)13-20(16-27)25(30)29-26-28-17-22(34-26)14-18-6-9-21(31-2)10-7-18/h6-11,13,15,17H,4-5,12,14H2,1-3H3,(H,28,29,30)/b20-13+. The lowest BCUT2D eigenvalue weighted by atomic mass is 10.1. The van der Waals surface area contributed by atoms with Crippen molar-refractivity contribution < 1.29 is 19.0 Å². The quantitative estimate of drug-likeness (QED) is 0.223. The van der Waals surface area contributed by atoms with E-state index in [-0.39, 0.29) is 5.57 Å². The maximum atomic E-state index is 12.7. The molecule has 1 amide bonds. The van der Waals surface area contributed by atoms with Crippen molar-refractivity contribution in [3.63, 3.8) is 0 Å². The second-order valence-corrected chi connectivity index (χ2v) is 8.51. The molecule has 0 saturated heterocycles. The smallest absolute Gasteiger partial charge is 0.268 e. The minimum Gasteiger partial charge on any atom is -0.497 e. The molecule has 0 aliphatic heterocycles. The van der Waals surface area contributed by atoms with Gasteiger partial charge in [-0.2, -0.15) is 5.26 Å². The number of aromatic nitrogens is 1. The van der Waals surface area contributed by atoms with Crippen LogP contribution in [0.3, 0.4) is 0 Å². The van der Waals surface area contributed by atoms with Gasteiger partial charge < -0.3 is 14.2 Å². The number of nitrogens with one attached hydrogen (secondary N) is 1. The summed E-state index contributed by atoms with van der Waals surface area (Å²) in [4.78, 5) is 17.9. The molecule has 0 atom stereocenters. The van der Waals surface area contributed by atoms with Crippen LogP contribution in [-0.4, -0.2) is 31.7 Å². The zero-order valence-electron chi connectivity index (χ0n) is 19.5. The monoisotopic (exact) mass is 477 g/mol. The molecule has 3 aromatic rings. The van der Waals surface area contributed by atoms with Crippen LogP contribution >= 0.6 is 11.3 Å². The molecular formula is C26H27N3O4S. The number of nitrogens with zero attached hydrogens (tertiary/aromatic N) is 2. The van der Waals surface area contributed by atoms with Crippen molar-refractivity contribution in [2.75, 3.05) is 26.1 Å². The van der Waals surface area contributed by atoms with E-state index in [1.54, 1.807) is 38.6 Å². The lowest BCUT2D eigenvalue weighted by Crippen LogP contribution is -2.13. The average Bonchev–Trinajstić information content (AvgIpc) is 3.30. The topological polar surface area (TPSA) is 93.5 Å². The van der Waals surface area contributed by atoms with E-state index in [9.17, 15) is 10.1 Å². The molecule has 0 unspecified atom stereocenters. The molecule has 8 heteroatoms. The van der Waals surface area contributed by atoms with Crippen LogP contribution < -0.4 is 19.5 Å². The third kappa shape index (κ3) is 6.83. The Morgan fingerprint density at radius 2 is 1.94 bits per heavy atom. The fourth-order valence-corrected chi connectivity index (χ4v) is 3.93. The molecule has 0 aliphatic carbocycles. The molecule has 0 spiro atoms. The molecule has 1 heterocycles. The maximum absolute atomic E-state index is 12.7. The van der Waals surface area contributed by atoms with Crippen molar-refractivity contribution in [2.45, 2.75) is 26.2 Å². The molecule has 7 nitrogen and oxygen atoms in total. The summed E-state index contributed by atoms with van der Waals surface area (Å²) in [5.74, 6) is 1.46. The number of benzene rings is 2. The zero-order valence-corrected chi connectivity index (χ0v) is 20.3. The number of thiazole rings is 1. The Labute approximate surface area is 203 Å². The number of amides is 1. The van der Waals surface area contributed by atoms with Crippen molar-refractivity contribution in [1.29, 1.82) is 5.26 Å². The molecule has 0 aliphatic rings. The first-order valence-electron chi connectivity index (χ1n) is 10.9. The minimum atomic E-state index is -0.518. The first kappa shape index (κ1) is 24.8. The average molecular weight is 478 g/mol. The highest BCUT2D eigenvalue weighted by molar-refractivity contribution is 7.15. The number of carbonyl (C=O) groups is 1. The summed E-state index contributed by atoms with van der Waals surface area (Å²) in [6, 6.07) is 15.0. The van der Waals surface area contributed by atoms with Gasteiger partial charge in [-0.25, -0.2) is 4.98 Å². The fraction of sp³-hybridized carbons (Fsp3) is 0.269. The number of ether oxygens (including phenoxy) is 3. The molecule has 1 N–H and O–H groups in total. The summed E-state index contributed by atoms with van der Waals surface area (Å²) in [6.45, 7) is 2.69. The molecule has 3 rings (SSSR count). The third-order valence-corrected chi connectivity index (χ3v) is 5.84. The zero-order chi connectivity index (χ0) is 24.3. The van der Waals surface area contributed by atoms with E-state index in [0.717, 1.165) is 29.0 Å². The Kier molecular flexibility index (Phi) is 9.06. The van der Waals surface area contributed by atoms with Crippen molar-refractivity contribution in [3.05, 3.63) is 70.2 Å². The molecule has 2 aromatic carbocycles. The van der Waals surface area contributed by atoms with Crippen molar-refractivity contribution in [2.24, 2.45) is 0 Å². The molecule has 0 radical (unpaired) electrons. The molecule has 176 valence electrons. The highest BCUT2D eigenvalue weighted by atomic mass is 32.1. The molecule has 0 fully saturated rings. The first-order valence-corrected chi connectivity index (χ1v) is 11.7. The lowest BCUT2D eigenvalue weighted by Gasteiger charge is -2.11. The summed E-state index contributed by atoms with van der Waals surface area (Å²) in [6.07, 6.45) is 5.90. The van der Waals surface area contributed by atoms with Gasteiger partial charge in [-0.05, 0) is 47.9 Å². The second-order valence-electron chi connectivity index (χ2n) is 7.39. The van der Waals surface area contributed by atoms with Gasteiger partial charge >= 0.3 is 0 Å². The van der Waals surface area contributed by atoms with Gasteiger partial charge in [0.05, 0.1) is 20.8 Å². The fourth-order valence-electron chi connectivity index (χ4n) is 3.09. The Bertz CT molecular complexity index is 1180. The molecular weight excluding hydrogens is 450 g/mol. The van der Waals surface area contributed by atoms with Gasteiger partial charge in [0.1, 0.15) is 17.4 Å². The van der Waals surface area contributed by atoms with Gasteiger partial charge in [-0.1, -0.05) is 31.5 Å². The normalized spacial score (nSPS) is 10.9. The predicted molar refractivity (Wildman–Crippen MR) is 134 cm³/mol. The molecule has 1 aromatic heterocycles. The van der Waals surface area contributed by atoms with E-state index < -0.39 is 5.91 Å². The molecule has 0 bridgehead atoms. The Balaban J connectivity index is 1.67. The second kappa shape index (κ2) is 12.4. The summed E-state index contributed by atoms with van der Waals surface area (Å²) >= 11 is 1.37. The van der Waals surface area contributed by atoms with Crippen LogP contribution in [0.25, 0.3) is 6.08 Å². The van der Waals surface area contributed by atoms with E-state index in [2.05, 4.69) is 17.2 Å². The van der Waals surface area contributed by atoms with Crippen LogP contribution in [0.2, 0.25) is 0 Å². The molecule has 34 heavy (non-hydrogen) atoms. The number of methoxy groups -OCH3 is 2. The predicted octanol–water partition coefficient (Wildman–Crippen LogP) is 5.48. The Morgan fingerprint density at radius 3 is 2.62 bits per heavy atom. The van der Waals surface area contributed by atoms with Crippen molar-refractivity contribution >= 4 is 28.5 Å². The highest BCUT2D eigenvalue weighted by Gasteiger charge is 2.13. The van der Waals surface area contributed by atoms with Crippen LogP contribution in [0.1, 0.15) is 35.8 Å². The van der Waals surface area contributed by atoms with Crippen LogP contribution in [0, 0.1) is 11.3 Å². The molecule has 0 saturated carbocycles. The van der Waals surface area contributed by atoms with E-state index in [0.29, 0.717) is 35.2 Å². The number of hydrogen-bond donors (Lipinski definition) is 1. The maximum Gasteiger partial charge on any atom is 0.268 e. The van der Waals surface area contributed by atoms with Crippen LogP contribution in [-0.2, 0) is 11.2 Å². The summed E-state index contributed by atoms with van der Waals surface area (Å²) < 4.78 is 16.3. The largest absolute Gasteiger partial charge is 0.497 e. The number of nitriles is 1. The number of rotatable bonds is 11. The van der Waals surface area contributed by atoms with Gasteiger partial charge in [-0.15, -0.1) is 11.3 Å².